The van der Waals surface area contributed by atoms with Crippen LogP contribution in [0.1, 0.15) is 62.2 Å². The highest BCUT2D eigenvalue weighted by molar-refractivity contribution is 6.52. The maximum Gasteiger partial charge on any atom is 0.299 e. The summed E-state index contributed by atoms with van der Waals surface area (Å²) in [6, 6.07) is 7.28. The number of amides is 1. The summed E-state index contributed by atoms with van der Waals surface area (Å²) in [7, 11) is 0. The Balaban J connectivity index is 1.79. The van der Waals surface area contributed by atoms with E-state index in [0.29, 0.717) is 12.1 Å². The lowest BCUT2D eigenvalue weighted by molar-refractivity contribution is -0.114. The summed E-state index contributed by atoms with van der Waals surface area (Å²) in [5, 5.41) is 0. The molecular formula is C17H23NO2. The molecule has 108 valence electrons. The van der Waals surface area contributed by atoms with Gasteiger partial charge in [-0.3, -0.25) is 9.59 Å². The smallest absolute Gasteiger partial charge is 0.299 e. The molecule has 0 saturated carbocycles. The van der Waals surface area contributed by atoms with Gasteiger partial charge in [0.1, 0.15) is 0 Å². The van der Waals surface area contributed by atoms with Crippen LogP contribution in [0.2, 0.25) is 0 Å². The molecule has 1 amide bonds. The van der Waals surface area contributed by atoms with Gasteiger partial charge in [0.15, 0.2) is 0 Å². The zero-order valence-corrected chi connectivity index (χ0v) is 12.2. The highest BCUT2D eigenvalue weighted by Gasteiger charge is 2.34. The molecule has 1 heterocycles. The molecule has 0 saturated heterocycles. The van der Waals surface area contributed by atoms with Gasteiger partial charge in [-0.25, -0.2) is 0 Å². The molecule has 0 aromatic heterocycles. The van der Waals surface area contributed by atoms with Crippen LogP contribution in [0.25, 0.3) is 0 Å². The molecule has 3 heteroatoms. The van der Waals surface area contributed by atoms with Crippen molar-refractivity contribution in [1.29, 1.82) is 0 Å². The van der Waals surface area contributed by atoms with Crippen molar-refractivity contribution >= 4 is 17.4 Å². The van der Waals surface area contributed by atoms with Gasteiger partial charge in [-0.15, -0.1) is 0 Å². The zero-order valence-electron chi connectivity index (χ0n) is 12.2. The minimum absolute atomic E-state index is 0.358. The number of para-hydroxylation sites is 1. The van der Waals surface area contributed by atoms with E-state index in [4.69, 9.17) is 0 Å². The van der Waals surface area contributed by atoms with E-state index >= 15 is 0 Å². The van der Waals surface area contributed by atoms with E-state index in [-0.39, 0.29) is 11.7 Å². The third-order valence-corrected chi connectivity index (χ3v) is 3.86. The Bertz CT molecular complexity index is 482. The first kappa shape index (κ1) is 14.8. The van der Waals surface area contributed by atoms with Gasteiger partial charge in [0.05, 0.1) is 11.3 Å². The van der Waals surface area contributed by atoms with Crippen molar-refractivity contribution in [1.82, 2.24) is 0 Å². The number of ketones is 1. The molecule has 1 aromatic rings. The lowest BCUT2D eigenvalue weighted by Crippen LogP contribution is -2.30. The lowest BCUT2D eigenvalue weighted by Gasteiger charge is -2.16. The summed E-state index contributed by atoms with van der Waals surface area (Å²) in [6.45, 7) is 2.88. The Hall–Kier alpha value is -1.64. The number of carbonyl (C=O) groups excluding carboxylic acids is 2. The fourth-order valence-corrected chi connectivity index (χ4v) is 2.70. The molecule has 0 atom stereocenters. The number of rotatable bonds is 8. The van der Waals surface area contributed by atoms with Gasteiger partial charge in [0, 0.05) is 6.54 Å². The molecule has 1 aromatic carbocycles. The quantitative estimate of drug-likeness (QED) is 0.531. The number of benzene rings is 1. The SMILES string of the molecule is CCCCCCCCCN1C(=O)C(=O)c2ccccc21. The molecule has 1 aliphatic heterocycles. The van der Waals surface area contributed by atoms with Gasteiger partial charge in [-0.2, -0.15) is 0 Å². The van der Waals surface area contributed by atoms with Gasteiger partial charge in [-0.05, 0) is 18.6 Å². The Morgan fingerprint density at radius 2 is 1.55 bits per heavy atom. The van der Waals surface area contributed by atoms with Crippen molar-refractivity contribution in [3.05, 3.63) is 29.8 Å². The fraction of sp³-hybridized carbons (Fsp3) is 0.529. The van der Waals surface area contributed by atoms with Crippen LogP contribution in [0.3, 0.4) is 0 Å². The van der Waals surface area contributed by atoms with E-state index in [1.807, 2.05) is 12.1 Å². The standard InChI is InChI=1S/C17H23NO2/c1-2-3-4-5-6-7-10-13-18-15-12-9-8-11-14(15)16(19)17(18)20/h8-9,11-12H,2-7,10,13H2,1H3. The second-order valence-corrected chi connectivity index (χ2v) is 5.42. The Morgan fingerprint density at radius 1 is 0.900 bits per heavy atom. The van der Waals surface area contributed by atoms with E-state index in [1.54, 1.807) is 17.0 Å². The average molecular weight is 273 g/mol. The van der Waals surface area contributed by atoms with Crippen molar-refractivity contribution in [2.45, 2.75) is 51.9 Å². The molecule has 20 heavy (non-hydrogen) atoms. The number of carbonyl (C=O) groups is 2. The first-order chi connectivity index (χ1) is 9.75. The normalized spacial score (nSPS) is 13.9. The highest BCUT2D eigenvalue weighted by atomic mass is 16.2. The van der Waals surface area contributed by atoms with Crippen LogP contribution in [0.15, 0.2) is 24.3 Å². The molecule has 1 aliphatic rings. The van der Waals surface area contributed by atoms with Gasteiger partial charge < -0.3 is 4.90 Å². The van der Waals surface area contributed by atoms with E-state index in [9.17, 15) is 9.59 Å². The third-order valence-electron chi connectivity index (χ3n) is 3.86. The van der Waals surface area contributed by atoms with Crippen molar-refractivity contribution in [2.75, 3.05) is 11.4 Å². The molecule has 0 aliphatic carbocycles. The highest BCUT2D eigenvalue weighted by Crippen LogP contribution is 2.28. The summed E-state index contributed by atoms with van der Waals surface area (Å²) < 4.78 is 0. The molecule has 2 rings (SSSR count). The average Bonchev–Trinajstić information content (AvgIpc) is 2.71. The zero-order chi connectivity index (χ0) is 14.4. The number of fused-ring (bicyclic) bond motifs is 1. The Morgan fingerprint density at radius 3 is 2.30 bits per heavy atom. The topological polar surface area (TPSA) is 37.4 Å². The molecule has 0 radical (unpaired) electrons. The molecule has 0 unspecified atom stereocenters. The predicted molar refractivity (Wildman–Crippen MR) is 81.1 cm³/mol. The van der Waals surface area contributed by atoms with E-state index < -0.39 is 0 Å². The molecule has 0 N–H and O–H groups in total. The maximum absolute atomic E-state index is 11.9. The van der Waals surface area contributed by atoms with Crippen LogP contribution >= 0.6 is 0 Å². The number of nitrogens with zero attached hydrogens (tertiary/aromatic N) is 1. The summed E-state index contributed by atoms with van der Waals surface area (Å²) in [4.78, 5) is 25.4. The maximum atomic E-state index is 11.9. The minimum atomic E-state index is -0.364. The first-order valence-corrected chi connectivity index (χ1v) is 7.71. The summed E-state index contributed by atoms with van der Waals surface area (Å²) in [5.74, 6) is -0.722. The lowest BCUT2D eigenvalue weighted by atomic mass is 10.1. The van der Waals surface area contributed by atoms with Gasteiger partial charge in [0.2, 0.25) is 0 Å². The van der Waals surface area contributed by atoms with Crippen molar-refractivity contribution in [3.8, 4) is 0 Å². The molecule has 0 bridgehead atoms. The Kier molecular flexibility index (Phi) is 5.33. The van der Waals surface area contributed by atoms with Gasteiger partial charge >= 0.3 is 0 Å². The second-order valence-electron chi connectivity index (χ2n) is 5.42. The van der Waals surface area contributed by atoms with Crippen molar-refractivity contribution in [2.24, 2.45) is 0 Å². The fourth-order valence-electron chi connectivity index (χ4n) is 2.70. The monoisotopic (exact) mass is 273 g/mol. The minimum Gasteiger partial charge on any atom is -0.305 e. The Labute approximate surface area is 121 Å². The molecular weight excluding hydrogens is 250 g/mol. The van der Waals surface area contributed by atoms with E-state index in [2.05, 4.69) is 6.92 Å². The number of hydrogen-bond acceptors (Lipinski definition) is 2. The summed E-state index contributed by atoms with van der Waals surface area (Å²) in [5.41, 5.74) is 1.34. The van der Waals surface area contributed by atoms with Gasteiger partial charge in [-0.1, -0.05) is 57.6 Å². The van der Waals surface area contributed by atoms with Crippen LogP contribution in [-0.4, -0.2) is 18.2 Å². The van der Waals surface area contributed by atoms with E-state index in [0.717, 1.165) is 18.5 Å². The molecule has 3 nitrogen and oxygen atoms in total. The van der Waals surface area contributed by atoms with Crippen LogP contribution < -0.4 is 4.90 Å². The number of Topliss-reactive ketones (excluding diaryl/α,β-unsaturated/α-hetero) is 1. The third kappa shape index (κ3) is 3.27. The van der Waals surface area contributed by atoms with Crippen molar-refractivity contribution in [3.63, 3.8) is 0 Å². The summed E-state index contributed by atoms with van der Waals surface area (Å²) >= 11 is 0. The van der Waals surface area contributed by atoms with Crippen LogP contribution in [0.5, 0.6) is 0 Å². The largest absolute Gasteiger partial charge is 0.305 e. The van der Waals surface area contributed by atoms with Gasteiger partial charge in [0.25, 0.3) is 11.7 Å². The van der Waals surface area contributed by atoms with Crippen molar-refractivity contribution < 1.29 is 9.59 Å². The van der Waals surface area contributed by atoms with Crippen LogP contribution in [0.4, 0.5) is 5.69 Å². The molecule has 0 fully saturated rings. The number of anilines is 1. The van der Waals surface area contributed by atoms with Crippen LogP contribution in [-0.2, 0) is 4.79 Å². The number of unbranched alkanes of at least 4 members (excludes halogenated alkanes) is 6. The second kappa shape index (κ2) is 7.22. The van der Waals surface area contributed by atoms with E-state index in [1.165, 1.54) is 32.1 Å². The number of hydrogen-bond donors (Lipinski definition) is 0. The van der Waals surface area contributed by atoms with Crippen LogP contribution in [0, 0.1) is 0 Å². The first-order valence-electron chi connectivity index (χ1n) is 7.71. The molecule has 0 spiro atoms. The summed E-state index contributed by atoms with van der Waals surface area (Å²) in [6.07, 6.45) is 8.48. The predicted octanol–water partition coefficient (Wildman–Crippen LogP) is 3.97.